The van der Waals surface area contributed by atoms with Crippen molar-refractivity contribution in [3.8, 4) is 5.88 Å². The van der Waals surface area contributed by atoms with Crippen LogP contribution in [0.1, 0.15) is 20.8 Å². The number of rotatable bonds is 6. The number of carbonyl (C=O) groups excluding carboxylic acids is 2. The molecule has 11 nitrogen and oxygen atoms in total. The minimum atomic E-state index is -0.321. The van der Waals surface area contributed by atoms with Crippen LogP contribution in [0.15, 0.2) is 23.1 Å². The number of methoxy groups -OCH3 is 1. The molecule has 0 bridgehead atoms. The van der Waals surface area contributed by atoms with Crippen LogP contribution in [0.5, 0.6) is 5.88 Å². The summed E-state index contributed by atoms with van der Waals surface area (Å²) in [5.74, 6) is -0.0867. The predicted octanol–water partition coefficient (Wildman–Crippen LogP) is -1.29. The maximum absolute atomic E-state index is 12.7. The summed E-state index contributed by atoms with van der Waals surface area (Å²) in [7, 11) is 4.74. The van der Waals surface area contributed by atoms with Gasteiger partial charge in [0, 0.05) is 65.6 Å². The zero-order valence-electron chi connectivity index (χ0n) is 16.8. The quantitative estimate of drug-likeness (QED) is 0.638. The molecule has 0 radical (unpaired) electrons. The van der Waals surface area contributed by atoms with Crippen molar-refractivity contribution in [2.45, 2.75) is 0 Å². The Morgan fingerprint density at radius 1 is 1.14 bits per heavy atom. The molecule has 29 heavy (non-hydrogen) atoms. The van der Waals surface area contributed by atoms with Gasteiger partial charge < -0.3 is 15.0 Å². The Morgan fingerprint density at radius 2 is 1.86 bits per heavy atom. The Morgan fingerprint density at radius 3 is 2.52 bits per heavy atom. The number of aryl methyl sites for hydroxylation is 2. The summed E-state index contributed by atoms with van der Waals surface area (Å²) < 4.78 is 7.86. The van der Waals surface area contributed by atoms with Crippen LogP contribution in [0, 0.1) is 0 Å². The maximum Gasteiger partial charge on any atom is 0.271 e. The molecule has 1 aliphatic heterocycles. The third-order valence-corrected chi connectivity index (χ3v) is 4.78. The van der Waals surface area contributed by atoms with Crippen LogP contribution in [0.25, 0.3) is 0 Å². The second-order valence-corrected chi connectivity index (χ2v) is 6.80. The summed E-state index contributed by atoms with van der Waals surface area (Å²) in [6.07, 6.45) is 1.66. The third-order valence-electron chi connectivity index (χ3n) is 4.78. The fourth-order valence-corrected chi connectivity index (χ4v) is 3.15. The number of ether oxygens (including phenoxy) is 1. The lowest BCUT2D eigenvalue weighted by Gasteiger charge is -2.34. The highest BCUT2D eigenvalue weighted by Gasteiger charge is 2.26. The Hall–Kier alpha value is -3.21. The average Bonchev–Trinajstić information content (AvgIpc) is 3.10. The number of hydrogen-bond acceptors (Lipinski definition) is 7. The van der Waals surface area contributed by atoms with Crippen molar-refractivity contribution in [3.05, 3.63) is 39.9 Å². The summed E-state index contributed by atoms with van der Waals surface area (Å²) in [6.45, 7) is 3.72. The number of amides is 2. The van der Waals surface area contributed by atoms with Crippen LogP contribution in [0.3, 0.4) is 0 Å². The van der Waals surface area contributed by atoms with Crippen LogP contribution < -0.4 is 15.6 Å². The molecule has 3 rings (SSSR count). The van der Waals surface area contributed by atoms with Gasteiger partial charge in [-0.05, 0) is 6.07 Å². The van der Waals surface area contributed by atoms with E-state index in [2.05, 4.69) is 20.4 Å². The third kappa shape index (κ3) is 4.80. The summed E-state index contributed by atoms with van der Waals surface area (Å²) in [5.41, 5.74) is 0.395. The molecule has 1 saturated heterocycles. The zero-order valence-corrected chi connectivity index (χ0v) is 16.8. The van der Waals surface area contributed by atoms with Gasteiger partial charge in [-0.25, -0.2) is 4.68 Å². The van der Waals surface area contributed by atoms with Crippen LogP contribution >= 0.6 is 0 Å². The van der Waals surface area contributed by atoms with E-state index in [0.29, 0.717) is 50.7 Å². The van der Waals surface area contributed by atoms with E-state index in [1.54, 1.807) is 22.8 Å². The lowest BCUT2D eigenvalue weighted by molar-refractivity contribution is 0.0634. The second-order valence-electron chi connectivity index (χ2n) is 6.80. The van der Waals surface area contributed by atoms with Gasteiger partial charge in [0.05, 0.1) is 7.11 Å². The van der Waals surface area contributed by atoms with Crippen molar-refractivity contribution in [1.82, 2.24) is 34.7 Å². The topological polar surface area (TPSA) is 115 Å². The van der Waals surface area contributed by atoms with Gasteiger partial charge >= 0.3 is 0 Å². The molecule has 2 aromatic rings. The molecule has 0 atom stereocenters. The maximum atomic E-state index is 12.7. The molecule has 1 aliphatic rings. The van der Waals surface area contributed by atoms with Crippen molar-refractivity contribution >= 4 is 11.8 Å². The molecule has 11 heteroatoms. The van der Waals surface area contributed by atoms with E-state index in [9.17, 15) is 14.4 Å². The summed E-state index contributed by atoms with van der Waals surface area (Å²) in [6, 6.07) is 2.73. The molecule has 3 heterocycles. The zero-order chi connectivity index (χ0) is 21.0. The van der Waals surface area contributed by atoms with E-state index in [-0.39, 0.29) is 23.1 Å². The van der Waals surface area contributed by atoms with Gasteiger partial charge in [-0.1, -0.05) is 0 Å². The summed E-state index contributed by atoms with van der Waals surface area (Å²) in [4.78, 5) is 40.1. The number of aromatic nitrogens is 4. The SMILES string of the molecule is COc1nn(C)cc1C(=O)N1CCN(CCNC(=O)c2ccc(=O)n(C)n2)CC1. The lowest BCUT2D eigenvalue weighted by Crippen LogP contribution is -2.50. The van der Waals surface area contributed by atoms with Crippen molar-refractivity contribution in [2.24, 2.45) is 14.1 Å². The molecule has 0 saturated carbocycles. The Kier molecular flexibility index (Phi) is 6.27. The molecular weight excluding hydrogens is 378 g/mol. The van der Waals surface area contributed by atoms with Gasteiger partial charge in [0.25, 0.3) is 17.4 Å². The second kappa shape index (κ2) is 8.86. The van der Waals surface area contributed by atoms with Gasteiger partial charge in [0.1, 0.15) is 11.3 Å². The first-order valence-corrected chi connectivity index (χ1v) is 9.31. The summed E-state index contributed by atoms with van der Waals surface area (Å²) in [5, 5.41) is 10.9. The smallest absolute Gasteiger partial charge is 0.271 e. The molecule has 0 unspecified atom stereocenters. The number of hydrogen-bond donors (Lipinski definition) is 1. The Labute approximate surface area is 167 Å². The molecule has 156 valence electrons. The minimum Gasteiger partial charge on any atom is -0.479 e. The molecular formula is C18H25N7O4. The van der Waals surface area contributed by atoms with Crippen molar-refractivity contribution in [3.63, 3.8) is 0 Å². The largest absolute Gasteiger partial charge is 0.479 e. The summed E-state index contributed by atoms with van der Waals surface area (Å²) >= 11 is 0. The first-order chi connectivity index (χ1) is 13.9. The molecule has 2 amide bonds. The Bertz CT molecular complexity index is 944. The number of nitrogens with zero attached hydrogens (tertiary/aromatic N) is 6. The predicted molar refractivity (Wildman–Crippen MR) is 104 cm³/mol. The van der Waals surface area contributed by atoms with Crippen molar-refractivity contribution in [1.29, 1.82) is 0 Å². The van der Waals surface area contributed by atoms with E-state index in [1.165, 1.54) is 26.3 Å². The van der Waals surface area contributed by atoms with Crippen molar-refractivity contribution in [2.75, 3.05) is 46.4 Å². The van der Waals surface area contributed by atoms with Crippen LogP contribution in [0.4, 0.5) is 0 Å². The van der Waals surface area contributed by atoms with Gasteiger partial charge in [0.2, 0.25) is 5.88 Å². The fourth-order valence-electron chi connectivity index (χ4n) is 3.15. The minimum absolute atomic E-state index is 0.0938. The van der Waals surface area contributed by atoms with E-state index < -0.39 is 0 Å². The number of nitrogens with one attached hydrogen (secondary N) is 1. The normalized spacial score (nSPS) is 14.7. The van der Waals surface area contributed by atoms with Crippen molar-refractivity contribution < 1.29 is 14.3 Å². The molecule has 0 aliphatic carbocycles. The van der Waals surface area contributed by atoms with Crippen LogP contribution in [0.2, 0.25) is 0 Å². The monoisotopic (exact) mass is 403 g/mol. The van der Waals surface area contributed by atoms with Gasteiger partial charge in [-0.15, -0.1) is 5.10 Å². The van der Waals surface area contributed by atoms with Gasteiger partial charge in [0.15, 0.2) is 0 Å². The first kappa shape index (κ1) is 20.5. The molecule has 0 spiro atoms. The van der Waals surface area contributed by atoms with Crippen LogP contribution in [-0.4, -0.2) is 87.6 Å². The molecule has 2 aromatic heterocycles. The molecule has 0 aromatic carbocycles. The van der Waals surface area contributed by atoms with Crippen LogP contribution in [-0.2, 0) is 14.1 Å². The van der Waals surface area contributed by atoms with Gasteiger partial charge in [-0.2, -0.15) is 5.10 Å². The fraction of sp³-hybridized carbons (Fsp3) is 0.500. The highest BCUT2D eigenvalue weighted by molar-refractivity contribution is 5.96. The number of piperazine rings is 1. The standard InChI is InChI=1S/C18H25N7O4/c1-22-12-13(17(21-22)29-3)18(28)25-10-8-24(9-11-25)7-6-19-16(27)14-4-5-15(26)23(2)20-14/h4-5,12H,6-11H2,1-3H3,(H,19,27). The van der Waals surface area contributed by atoms with Gasteiger partial charge in [-0.3, -0.25) is 24.0 Å². The average molecular weight is 403 g/mol. The molecule has 1 N–H and O–H groups in total. The first-order valence-electron chi connectivity index (χ1n) is 9.31. The number of carbonyl (C=O) groups is 2. The van der Waals surface area contributed by atoms with E-state index in [1.807, 2.05) is 0 Å². The molecule has 1 fully saturated rings. The highest BCUT2D eigenvalue weighted by Crippen LogP contribution is 2.18. The highest BCUT2D eigenvalue weighted by atomic mass is 16.5. The lowest BCUT2D eigenvalue weighted by atomic mass is 10.2. The van der Waals surface area contributed by atoms with E-state index in [4.69, 9.17) is 4.74 Å². The van der Waals surface area contributed by atoms with E-state index in [0.717, 1.165) is 4.68 Å². The van der Waals surface area contributed by atoms with E-state index >= 15 is 0 Å². The Balaban J connectivity index is 1.45.